The highest BCUT2D eigenvalue weighted by molar-refractivity contribution is 6.92. The SMILES string of the molecule is CO[Si](C)(C)OC.CO[Si](C)(OC)OC.CO[Si](OC)(OC)c1ccccc1.CO[Si](OC)(c1ccccc1)c1ccccc1. The van der Waals surface area contributed by atoms with Crippen molar-refractivity contribution in [2.45, 2.75) is 19.6 Å². The van der Waals surface area contributed by atoms with Crippen LogP contribution >= 0.6 is 0 Å². The highest BCUT2D eigenvalue weighted by atomic mass is 28.4. The Morgan fingerprint density at radius 2 is 0.622 bits per heavy atom. The van der Waals surface area contributed by atoms with Crippen LogP contribution in [0.2, 0.25) is 19.6 Å². The van der Waals surface area contributed by atoms with E-state index in [-0.39, 0.29) is 0 Å². The van der Waals surface area contributed by atoms with Gasteiger partial charge in [0, 0.05) is 82.8 Å². The minimum absolute atomic E-state index is 0.975. The topological polar surface area (TPSA) is 92.3 Å². The quantitative estimate of drug-likeness (QED) is 0.246. The van der Waals surface area contributed by atoms with Crippen LogP contribution in [0.4, 0.5) is 0 Å². The van der Waals surface area contributed by atoms with Gasteiger partial charge in [-0.05, 0) is 23.5 Å². The van der Waals surface area contributed by atoms with Crippen molar-refractivity contribution in [1.82, 2.24) is 0 Å². The molecule has 3 aromatic rings. The van der Waals surface area contributed by atoms with Crippen LogP contribution < -0.4 is 15.6 Å². The van der Waals surface area contributed by atoms with Crippen LogP contribution in [0.15, 0.2) is 91.0 Å². The molecule has 10 nitrogen and oxygen atoms in total. The Bertz CT molecular complexity index is 1050. The first kappa shape index (κ1) is 43.1. The Labute approximate surface area is 275 Å². The fourth-order valence-corrected chi connectivity index (χ4v) is 8.80. The van der Waals surface area contributed by atoms with E-state index in [1.54, 1.807) is 71.1 Å². The molecule has 0 spiro atoms. The lowest BCUT2D eigenvalue weighted by Crippen LogP contribution is -2.62. The van der Waals surface area contributed by atoms with Crippen molar-refractivity contribution in [1.29, 1.82) is 0 Å². The number of benzene rings is 3. The zero-order valence-corrected chi connectivity index (χ0v) is 33.2. The Morgan fingerprint density at radius 1 is 0.333 bits per heavy atom. The predicted molar refractivity (Wildman–Crippen MR) is 189 cm³/mol. The average molecular weight is 699 g/mol. The molecule has 14 heteroatoms. The van der Waals surface area contributed by atoms with E-state index in [0.717, 1.165) is 15.6 Å². The smallest absolute Gasteiger partial charge is 0.398 e. The second-order valence-corrected chi connectivity index (χ2v) is 22.3. The summed E-state index contributed by atoms with van der Waals surface area (Å²) in [4.78, 5) is 0. The van der Waals surface area contributed by atoms with Crippen molar-refractivity contribution in [3.05, 3.63) is 91.0 Å². The first-order chi connectivity index (χ1) is 21.4. The lowest BCUT2D eigenvalue weighted by Gasteiger charge is -2.27. The summed E-state index contributed by atoms with van der Waals surface area (Å²) in [6.07, 6.45) is 0. The second kappa shape index (κ2) is 22.6. The van der Waals surface area contributed by atoms with Crippen LogP contribution in [-0.2, 0) is 44.3 Å². The monoisotopic (exact) mass is 698 g/mol. The van der Waals surface area contributed by atoms with Crippen molar-refractivity contribution >= 4 is 50.3 Å². The Kier molecular flexibility index (Phi) is 21.7. The van der Waals surface area contributed by atoms with Gasteiger partial charge in [-0.2, -0.15) is 0 Å². The van der Waals surface area contributed by atoms with Gasteiger partial charge in [-0.25, -0.2) is 0 Å². The molecule has 0 unspecified atom stereocenters. The molecule has 0 atom stereocenters. The molecule has 0 heterocycles. The summed E-state index contributed by atoms with van der Waals surface area (Å²) in [5.74, 6) is 0. The molecule has 0 saturated heterocycles. The van der Waals surface area contributed by atoms with Crippen molar-refractivity contribution in [3.63, 3.8) is 0 Å². The molecule has 3 rings (SSSR count). The molecule has 0 aromatic heterocycles. The molecule has 3 aromatic carbocycles. The van der Waals surface area contributed by atoms with E-state index in [4.69, 9.17) is 44.3 Å². The molecule has 0 amide bonds. The van der Waals surface area contributed by atoms with E-state index in [1.165, 1.54) is 0 Å². The van der Waals surface area contributed by atoms with Crippen LogP contribution in [0.25, 0.3) is 0 Å². The van der Waals surface area contributed by atoms with Crippen LogP contribution in [-0.4, -0.2) is 106 Å². The normalized spacial score (nSPS) is 11.7. The molecular weight excluding hydrogens is 645 g/mol. The lowest BCUT2D eigenvalue weighted by atomic mass is 10.4. The molecule has 0 radical (unpaired) electrons. The Balaban J connectivity index is 0.000000614. The number of rotatable bonds is 13. The van der Waals surface area contributed by atoms with Gasteiger partial charge in [-0.15, -0.1) is 0 Å². The van der Waals surface area contributed by atoms with Gasteiger partial charge in [0.2, 0.25) is 0 Å². The standard InChI is InChI=1S/C14H16O2Si.C9H14O3Si.C4H12O3Si.C4H12O2Si/c1-15-17(16-2,13-9-5-3-6-10-13)14-11-7-4-8-12-14;1-10-13(11-2,12-3)9-7-5-4-6-8-9;1-5-8(4,6-2)7-3;1-5-7(3,4)6-2/h3-12H,1-2H3;4-8H,1-3H3;1-4H3;1-4H3. The zero-order chi connectivity index (χ0) is 34.4. The molecule has 254 valence electrons. The number of hydrogen-bond donors (Lipinski definition) is 0. The molecule has 0 fully saturated rings. The van der Waals surface area contributed by atoms with Gasteiger partial charge in [0.15, 0.2) is 0 Å². The summed E-state index contributed by atoms with van der Waals surface area (Å²) in [5, 5.41) is 3.22. The third-order valence-corrected chi connectivity index (χ3v) is 17.1. The molecule has 0 N–H and O–H groups in total. The van der Waals surface area contributed by atoms with Gasteiger partial charge in [0.25, 0.3) is 0 Å². The fourth-order valence-electron chi connectivity index (χ4n) is 3.62. The van der Waals surface area contributed by atoms with Crippen LogP contribution in [0.5, 0.6) is 0 Å². The summed E-state index contributed by atoms with van der Waals surface area (Å²) in [6, 6.07) is 30.0. The third kappa shape index (κ3) is 13.8. The Morgan fingerprint density at radius 3 is 0.800 bits per heavy atom. The molecule has 45 heavy (non-hydrogen) atoms. The van der Waals surface area contributed by atoms with Crippen LogP contribution in [0.1, 0.15) is 0 Å². The summed E-state index contributed by atoms with van der Waals surface area (Å²) in [6.45, 7) is 5.81. The first-order valence-electron chi connectivity index (χ1n) is 14.1. The predicted octanol–water partition coefficient (Wildman–Crippen LogP) is 3.78. The summed E-state index contributed by atoms with van der Waals surface area (Å²) < 4.78 is 52.3. The Hall–Kier alpha value is -1.87. The van der Waals surface area contributed by atoms with Gasteiger partial charge >= 0.3 is 34.7 Å². The summed E-state index contributed by atoms with van der Waals surface area (Å²) in [7, 11) is 7.43. The molecule has 0 saturated carbocycles. The van der Waals surface area contributed by atoms with Crippen molar-refractivity contribution in [3.8, 4) is 0 Å². The van der Waals surface area contributed by atoms with Gasteiger partial charge in [0.05, 0.1) is 0 Å². The largest absolute Gasteiger partial charge is 0.536 e. The van der Waals surface area contributed by atoms with E-state index in [1.807, 2.05) is 86.4 Å². The summed E-state index contributed by atoms with van der Waals surface area (Å²) in [5.41, 5.74) is 0. The molecule has 0 aliphatic rings. The van der Waals surface area contributed by atoms with Crippen LogP contribution in [0.3, 0.4) is 0 Å². The first-order valence-corrected chi connectivity index (χ1v) is 22.7. The zero-order valence-electron chi connectivity index (χ0n) is 29.2. The van der Waals surface area contributed by atoms with E-state index in [9.17, 15) is 0 Å². The summed E-state index contributed by atoms with van der Waals surface area (Å²) >= 11 is 0. The van der Waals surface area contributed by atoms with Crippen molar-refractivity contribution in [2.24, 2.45) is 0 Å². The molecule has 0 aliphatic carbocycles. The van der Waals surface area contributed by atoms with Gasteiger partial charge in [-0.3, -0.25) is 0 Å². The second-order valence-electron chi connectivity index (χ2n) is 9.57. The number of hydrogen-bond acceptors (Lipinski definition) is 10. The van der Waals surface area contributed by atoms with E-state index < -0.39 is 34.7 Å². The van der Waals surface area contributed by atoms with Gasteiger partial charge in [0.1, 0.15) is 0 Å². The highest BCUT2D eigenvalue weighted by Gasteiger charge is 2.41. The van der Waals surface area contributed by atoms with Crippen LogP contribution in [0, 0.1) is 0 Å². The molecule has 0 bridgehead atoms. The fraction of sp³-hybridized carbons (Fsp3) is 0.419. The maximum absolute atomic E-state index is 5.78. The van der Waals surface area contributed by atoms with E-state index in [2.05, 4.69) is 24.3 Å². The maximum atomic E-state index is 5.78. The molecule has 0 aliphatic heterocycles. The van der Waals surface area contributed by atoms with Crippen molar-refractivity contribution in [2.75, 3.05) is 71.1 Å². The van der Waals surface area contributed by atoms with Gasteiger partial charge < -0.3 is 44.3 Å². The maximum Gasteiger partial charge on any atom is 0.536 e. The lowest BCUT2D eigenvalue weighted by molar-refractivity contribution is 0.132. The van der Waals surface area contributed by atoms with E-state index >= 15 is 0 Å². The van der Waals surface area contributed by atoms with Crippen molar-refractivity contribution < 1.29 is 44.3 Å². The minimum Gasteiger partial charge on any atom is -0.398 e. The third-order valence-electron chi connectivity index (χ3n) is 6.91. The van der Waals surface area contributed by atoms with E-state index in [0.29, 0.717) is 0 Å². The van der Waals surface area contributed by atoms with Gasteiger partial charge in [-0.1, -0.05) is 91.0 Å². The minimum atomic E-state index is -2.59. The highest BCUT2D eigenvalue weighted by Crippen LogP contribution is 2.08. The molecular formula is C31H54O10Si4. The average Bonchev–Trinajstić information content (AvgIpc) is 3.12.